The molecule has 0 radical (unpaired) electrons. The predicted molar refractivity (Wildman–Crippen MR) is 320 cm³/mol. The monoisotopic (exact) mass is 1290 g/mol. The minimum Gasteiger partial charge on any atom is -0.308 e. The molecular weight excluding hydrogens is 1240 g/mol. The Morgan fingerprint density at radius 3 is 1.21 bits per heavy atom. The van der Waals surface area contributed by atoms with Crippen LogP contribution < -0.4 is 16.0 Å². The van der Waals surface area contributed by atoms with Gasteiger partial charge in [0, 0.05) is 16.7 Å². The Labute approximate surface area is 524 Å². The van der Waals surface area contributed by atoms with Gasteiger partial charge in [-0.05, 0) is 90.9 Å². The lowest BCUT2D eigenvalue weighted by Crippen LogP contribution is -2.27. The van der Waals surface area contributed by atoms with Crippen molar-refractivity contribution in [3.8, 4) is 34.6 Å². The summed E-state index contributed by atoms with van der Waals surface area (Å²) in [6.07, 6.45) is -3.61. The Balaban J connectivity index is 0.000000128. The molecular formula is C62H47F8N21O3. The average molecular weight is 1290 g/mol. The van der Waals surface area contributed by atoms with Gasteiger partial charge in [0.2, 0.25) is 35.2 Å². The van der Waals surface area contributed by atoms with Gasteiger partial charge in [0.25, 0.3) is 0 Å². The Bertz CT molecular complexity index is 5140. The van der Waals surface area contributed by atoms with Crippen LogP contribution in [0.3, 0.4) is 0 Å². The largest absolute Gasteiger partial charge is 0.433 e. The number of alkyl halides is 3. The highest BCUT2D eigenvalue weighted by Gasteiger charge is 2.45. The molecule has 3 N–H and O–H groups in total. The summed E-state index contributed by atoms with van der Waals surface area (Å²) in [6, 6.07) is 23.1. The van der Waals surface area contributed by atoms with Crippen molar-refractivity contribution in [3.63, 3.8) is 0 Å². The highest BCUT2D eigenvalue weighted by atomic mass is 19.4. The maximum Gasteiger partial charge on any atom is 0.433 e. The quantitative estimate of drug-likeness (QED) is 0.113. The number of hydrogen-bond donors (Lipinski definition) is 3. The van der Waals surface area contributed by atoms with Crippen LogP contribution in [0, 0.1) is 36.0 Å². The third-order valence-corrected chi connectivity index (χ3v) is 16.0. The van der Waals surface area contributed by atoms with E-state index in [1.165, 1.54) is 57.9 Å². The number of carbonyl (C=O) groups excluding carboxylic acids is 3. The van der Waals surface area contributed by atoms with Gasteiger partial charge in [-0.3, -0.25) is 14.4 Å². The van der Waals surface area contributed by atoms with Crippen molar-refractivity contribution in [2.75, 3.05) is 16.0 Å². The molecule has 474 valence electrons. The Kier molecular flexibility index (Phi) is 14.8. The minimum absolute atomic E-state index is 0.00871. The van der Waals surface area contributed by atoms with Crippen LogP contribution in [0.25, 0.3) is 67.7 Å². The highest BCUT2D eigenvalue weighted by Crippen LogP contribution is 2.40. The standard InChI is InChI=1S/C21H15F4N7O.C21H17F2N7O.C20H15F2N7O/c1-20(2)15-17(28-19(20)33)27-16(30-29-15)14-11-7-8-13(21(23,24)25)26-18(11)32(31-14)9-10-5-3-4-6-12(10)22;1-10-14(23)8-12-15(17-25-18-16(27-28-17)21(2,3)20(31)26-18)29-30(19(12)24-10)9-11-6-4-5-7-13(11)22;1-20(2)15-17(25-19(20)30)24-16(27-26-15)14-12-7-11(21)8-23-18(12)29(28-14)9-10-5-3-4-6-13(10)22/h3-8H,9H2,1-2H3,(H,27,28,30,33);4-8H,9H2,1-3H3,(H,25,26,28,31);3-8H,9H2,1-2H3,(H,24,25,27,30). The molecule has 9 aromatic heterocycles. The molecule has 0 bridgehead atoms. The van der Waals surface area contributed by atoms with E-state index in [0.717, 1.165) is 16.9 Å². The van der Waals surface area contributed by atoms with E-state index in [1.807, 2.05) is 0 Å². The first-order valence-electron chi connectivity index (χ1n) is 28.6. The topological polar surface area (TPSA) is 295 Å². The third-order valence-electron chi connectivity index (χ3n) is 16.0. The zero-order chi connectivity index (χ0) is 66.5. The molecule has 0 unspecified atom stereocenters. The molecule has 32 heteroatoms. The minimum atomic E-state index is -4.68. The van der Waals surface area contributed by atoms with Crippen molar-refractivity contribution in [2.45, 2.75) is 90.5 Å². The van der Waals surface area contributed by atoms with Crippen molar-refractivity contribution in [2.24, 2.45) is 0 Å². The van der Waals surface area contributed by atoms with Gasteiger partial charge in [0.15, 0.2) is 34.4 Å². The number of pyridine rings is 3. The van der Waals surface area contributed by atoms with E-state index in [4.69, 9.17) is 0 Å². The SMILES string of the molecule is CC1(C)C(=O)Nc2nc(-c3nn(Cc4ccccc4F)c4nc(C(F)(F)F)ccc34)nnc21.CC1(C)C(=O)Nc2nc(-c3nn(Cc4ccccc4F)c4ncc(F)cc34)nnc21.Cc1nc2c(cc1F)c(-c1nnc3c(n1)NC(=O)C3(C)C)nn2Cc1ccccc1F. The maximum absolute atomic E-state index is 14.3. The smallest absolute Gasteiger partial charge is 0.308 e. The number of benzene rings is 3. The van der Waals surface area contributed by atoms with Crippen molar-refractivity contribution in [3.05, 3.63) is 178 Å². The molecule has 3 aliphatic heterocycles. The predicted octanol–water partition coefficient (Wildman–Crippen LogP) is 9.71. The van der Waals surface area contributed by atoms with Gasteiger partial charge < -0.3 is 16.0 Å². The molecule has 24 nitrogen and oxygen atoms in total. The number of hydrogen-bond acceptors (Lipinski definition) is 18. The number of carbonyl (C=O) groups is 3. The number of amides is 3. The first kappa shape index (κ1) is 61.3. The van der Waals surface area contributed by atoms with Gasteiger partial charge >= 0.3 is 6.18 Å². The van der Waals surface area contributed by atoms with E-state index in [1.54, 1.807) is 90.9 Å². The van der Waals surface area contributed by atoms with E-state index in [9.17, 15) is 49.5 Å². The molecule has 15 rings (SSSR count). The lowest BCUT2D eigenvalue weighted by molar-refractivity contribution is -0.141. The van der Waals surface area contributed by atoms with Crippen LogP contribution in [-0.2, 0) is 56.4 Å². The van der Waals surface area contributed by atoms with Crippen LogP contribution in [0.5, 0.6) is 0 Å². The van der Waals surface area contributed by atoms with Crippen LogP contribution in [0.15, 0.2) is 103 Å². The molecule has 12 heterocycles. The van der Waals surface area contributed by atoms with Crippen LogP contribution in [0.2, 0.25) is 0 Å². The first-order chi connectivity index (χ1) is 44.6. The van der Waals surface area contributed by atoms with Gasteiger partial charge in [0.1, 0.15) is 68.9 Å². The second-order valence-corrected chi connectivity index (χ2v) is 23.5. The second kappa shape index (κ2) is 22.7. The fourth-order valence-corrected chi connectivity index (χ4v) is 10.5. The number of halogens is 8. The van der Waals surface area contributed by atoms with Gasteiger partial charge in [-0.1, -0.05) is 54.6 Å². The zero-order valence-electron chi connectivity index (χ0n) is 50.2. The fraction of sp³-hybridized carbons (Fsp3) is 0.226. The van der Waals surface area contributed by atoms with Crippen molar-refractivity contribution in [1.29, 1.82) is 0 Å². The Hall–Kier alpha value is -11.6. The molecule has 0 atom stereocenters. The summed E-state index contributed by atoms with van der Waals surface area (Å²) in [5, 5.41) is 47.0. The van der Waals surface area contributed by atoms with Gasteiger partial charge in [-0.2, -0.15) is 28.5 Å². The summed E-state index contributed by atoms with van der Waals surface area (Å²) in [4.78, 5) is 61.8. The lowest BCUT2D eigenvalue weighted by Gasteiger charge is -2.11. The van der Waals surface area contributed by atoms with E-state index < -0.39 is 45.6 Å². The van der Waals surface area contributed by atoms with Gasteiger partial charge in [-0.15, -0.1) is 30.6 Å². The summed E-state index contributed by atoms with van der Waals surface area (Å²) >= 11 is 0. The molecule has 94 heavy (non-hydrogen) atoms. The van der Waals surface area contributed by atoms with Crippen molar-refractivity contribution < 1.29 is 49.5 Å². The van der Waals surface area contributed by atoms with Gasteiger partial charge in [0.05, 0.1) is 63.9 Å². The van der Waals surface area contributed by atoms with E-state index in [0.29, 0.717) is 50.3 Å². The average Bonchev–Trinajstić information content (AvgIpc) is 1.61. The molecule has 3 aromatic carbocycles. The van der Waals surface area contributed by atoms with Crippen LogP contribution in [-0.4, -0.2) is 108 Å². The first-order valence-corrected chi connectivity index (χ1v) is 28.6. The number of rotatable bonds is 9. The second-order valence-electron chi connectivity index (χ2n) is 23.5. The molecule has 0 saturated heterocycles. The van der Waals surface area contributed by atoms with Crippen LogP contribution in [0.1, 0.15) is 86.7 Å². The molecule has 3 amide bonds. The number of anilines is 3. The van der Waals surface area contributed by atoms with Crippen molar-refractivity contribution >= 4 is 68.3 Å². The number of aryl methyl sites for hydroxylation is 1. The van der Waals surface area contributed by atoms with Gasteiger partial charge in [-0.25, -0.2) is 65.9 Å². The highest BCUT2D eigenvalue weighted by molar-refractivity contribution is 6.06. The lowest BCUT2D eigenvalue weighted by atomic mass is 9.91. The Morgan fingerprint density at radius 2 is 0.809 bits per heavy atom. The zero-order valence-corrected chi connectivity index (χ0v) is 50.2. The van der Waals surface area contributed by atoms with E-state index in [2.05, 4.69) is 91.7 Å². The third kappa shape index (κ3) is 10.8. The number of fused-ring (bicyclic) bond motifs is 6. The van der Waals surface area contributed by atoms with Crippen LogP contribution in [0.4, 0.5) is 52.6 Å². The maximum atomic E-state index is 14.3. The van der Waals surface area contributed by atoms with E-state index >= 15 is 0 Å². The number of nitrogens with one attached hydrogen (secondary N) is 3. The summed E-state index contributed by atoms with van der Waals surface area (Å²) < 4.78 is 115. The Morgan fingerprint density at radius 1 is 0.436 bits per heavy atom. The summed E-state index contributed by atoms with van der Waals surface area (Å²) in [7, 11) is 0. The van der Waals surface area contributed by atoms with Crippen molar-refractivity contribution in [1.82, 2.24) is 89.8 Å². The fourth-order valence-electron chi connectivity index (χ4n) is 10.5. The normalized spacial score (nSPS) is 14.8. The molecule has 3 aliphatic rings. The van der Waals surface area contributed by atoms with E-state index in [-0.39, 0.29) is 123 Å². The number of aromatic nitrogens is 18. The number of nitrogens with zero attached hydrogens (tertiary/aromatic N) is 18. The molecule has 0 fully saturated rings. The molecule has 0 spiro atoms. The summed E-state index contributed by atoms with van der Waals surface area (Å²) in [5.74, 6) is -2.16. The van der Waals surface area contributed by atoms with Crippen LogP contribution >= 0.6 is 0 Å². The molecule has 0 aliphatic carbocycles. The summed E-state index contributed by atoms with van der Waals surface area (Å²) in [5.41, 5.74) is -0.135. The summed E-state index contributed by atoms with van der Waals surface area (Å²) in [6.45, 7) is 11.8. The molecule has 0 saturated carbocycles. The molecule has 12 aromatic rings.